The highest BCUT2D eigenvalue weighted by Crippen LogP contribution is 2.57. The molecule has 3 aliphatic rings. The lowest BCUT2D eigenvalue weighted by molar-refractivity contribution is 0.0698. The first-order valence-corrected chi connectivity index (χ1v) is 18.1. The molecule has 0 unspecified atom stereocenters. The number of methoxy groups -OCH3 is 1. The molecule has 2 aliphatic carbocycles. The number of hydrogen-bond donors (Lipinski definition) is 0. The Morgan fingerprint density at radius 2 is 1.08 bits per heavy atom. The summed E-state index contributed by atoms with van der Waals surface area (Å²) in [5.74, 6) is 0.936. The summed E-state index contributed by atoms with van der Waals surface area (Å²) >= 11 is 0. The summed E-state index contributed by atoms with van der Waals surface area (Å²) in [6.45, 7) is 6.59. The van der Waals surface area contributed by atoms with Crippen molar-refractivity contribution in [1.29, 1.82) is 0 Å². The molecule has 10 rings (SSSR count). The number of rotatable bonds is 4. The van der Waals surface area contributed by atoms with Crippen LogP contribution in [0.25, 0.3) is 44.2 Å². The zero-order valence-corrected chi connectivity index (χ0v) is 29.8. The molecule has 0 atom stereocenters. The topological polar surface area (TPSA) is 18.5 Å². The fourth-order valence-electron chi connectivity index (χ4n) is 9.13. The van der Waals surface area contributed by atoms with Crippen LogP contribution in [-0.2, 0) is 15.9 Å². The highest BCUT2D eigenvalue weighted by molar-refractivity contribution is 6.00. The Kier molecular flexibility index (Phi) is 7.48. The molecule has 1 aliphatic heterocycles. The first-order valence-electron chi connectivity index (χ1n) is 18.1. The molecule has 1 heterocycles. The summed E-state index contributed by atoms with van der Waals surface area (Å²) in [5, 5.41) is 2.37. The molecule has 0 saturated carbocycles. The average Bonchev–Trinajstić information content (AvgIpc) is 3.63. The van der Waals surface area contributed by atoms with Crippen molar-refractivity contribution in [3.63, 3.8) is 0 Å². The van der Waals surface area contributed by atoms with Gasteiger partial charge in [-0.1, -0.05) is 147 Å². The Bertz CT molecular complexity index is 2580. The Balaban J connectivity index is 0.00000372. The minimum Gasteiger partial charge on any atom is -0.472 e. The van der Waals surface area contributed by atoms with E-state index in [2.05, 4.69) is 179 Å². The summed E-state index contributed by atoms with van der Waals surface area (Å²) in [6.07, 6.45) is 4.67. The van der Waals surface area contributed by atoms with Crippen molar-refractivity contribution in [2.24, 2.45) is 0 Å². The molecule has 0 aromatic heterocycles. The van der Waals surface area contributed by atoms with Crippen LogP contribution in [0, 0.1) is 13.8 Å². The van der Waals surface area contributed by atoms with Crippen LogP contribution >= 0.6 is 0 Å². The molecular formula is C51H42O2. The van der Waals surface area contributed by atoms with Crippen LogP contribution in [0.2, 0.25) is 0 Å². The number of hydrogen-bond acceptors (Lipinski definition) is 2. The summed E-state index contributed by atoms with van der Waals surface area (Å²) in [5.41, 5.74) is 16.5. The lowest BCUT2D eigenvalue weighted by Gasteiger charge is -2.37. The summed E-state index contributed by atoms with van der Waals surface area (Å²) in [4.78, 5) is 0. The maximum Gasteiger partial charge on any atom is 0.179 e. The van der Waals surface area contributed by atoms with Gasteiger partial charge in [-0.2, -0.15) is 0 Å². The zero-order valence-electron chi connectivity index (χ0n) is 29.8. The second-order valence-electron chi connectivity index (χ2n) is 14.5. The van der Waals surface area contributed by atoms with E-state index in [0.717, 1.165) is 33.4 Å². The highest BCUT2D eigenvalue weighted by atomic mass is 16.5. The van der Waals surface area contributed by atoms with Gasteiger partial charge < -0.3 is 9.47 Å². The van der Waals surface area contributed by atoms with Crippen molar-refractivity contribution in [3.8, 4) is 28.0 Å². The van der Waals surface area contributed by atoms with E-state index in [4.69, 9.17) is 9.47 Å². The second kappa shape index (κ2) is 12.0. The van der Waals surface area contributed by atoms with E-state index in [1.54, 1.807) is 0 Å². The maximum atomic E-state index is 7.41. The monoisotopic (exact) mass is 686 g/mol. The van der Waals surface area contributed by atoms with Gasteiger partial charge in [0.15, 0.2) is 5.60 Å². The van der Waals surface area contributed by atoms with Gasteiger partial charge in [0.05, 0.1) is 0 Å². The predicted molar refractivity (Wildman–Crippen MR) is 220 cm³/mol. The van der Waals surface area contributed by atoms with Crippen molar-refractivity contribution < 1.29 is 9.47 Å². The predicted octanol–water partition coefficient (Wildman–Crippen LogP) is 12.8. The van der Waals surface area contributed by atoms with Crippen molar-refractivity contribution in [3.05, 3.63) is 208 Å². The van der Waals surface area contributed by atoms with Gasteiger partial charge in [-0.05, 0) is 100 Å². The van der Waals surface area contributed by atoms with Crippen molar-refractivity contribution in [2.45, 2.75) is 39.4 Å². The Labute approximate surface area is 312 Å². The number of aryl methyl sites for hydroxylation is 2. The van der Waals surface area contributed by atoms with Gasteiger partial charge in [0.2, 0.25) is 0 Å². The molecule has 0 N–H and O–H groups in total. The molecule has 7 aromatic carbocycles. The van der Waals surface area contributed by atoms with E-state index in [1.807, 2.05) is 7.11 Å². The summed E-state index contributed by atoms with van der Waals surface area (Å²) in [6, 6.07) is 52.7. The molecule has 53 heavy (non-hydrogen) atoms. The van der Waals surface area contributed by atoms with Gasteiger partial charge in [0.25, 0.3) is 0 Å². The Hall–Kier alpha value is -5.96. The molecule has 2 nitrogen and oxygen atoms in total. The quantitative estimate of drug-likeness (QED) is 0.183. The second-order valence-corrected chi connectivity index (χ2v) is 14.5. The van der Waals surface area contributed by atoms with E-state index < -0.39 is 11.2 Å². The molecule has 0 amide bonds. The van der Waals surface area contributed by atoms with Crippen LogP contribution in [0.3, 0.4) is 0 Å². The smallest absolute Gasteiger partial charge is 0.179 e. The summed E-state index contributed by atoms with van der Waals surface area (Å²) in [7, 11) is 1.82. The third kappa shape index (κ3) is 4.55. The van der Waals surface area contributed by atoms with Crippen molar-refractivity contribution in [2.75, 3.05) is 7.11 Å². The van der Waals surface area contributed by atoms with Crippen LogP contribution in [0.4, 0.5) is 0 Å². The Morgan fingerprint density at radius 3 is 1.64 bits per heavy atom. The SMILES string of the molecule is C.COC1(/C=C(\C)c2ccc(C3=CC4(Oc5c3ccc3c(C)c(C)ccc53)c3ccccc3-c3ccccc34)cc2)c2ccccc2-c2ccccc21. The van der Waals surface area contributed by atoms with Gasteiger partial charge in [0.1, 0.15) is 11.4 Å². The third-order valence-electron chi connectivity index (χ3n) is 11.9. The van der Waals surface area contributed by atoms with Gasteiger partial charge in [-0.3, -0.25) is 0 Å². The fourth-order valence-corrected chi connectivity index (χ4v) is 9.13. The van der Waals surface area contributed by atoms with E-state index in [-0.39, 0.29) is 7.43 Å². The largest absolute Gasteiger partial charge is 0.472 e. The standard InChI is InChI=1S/C50H38O2.CH4/c1-31-21-26-41-36(33(31)3)27-28-42-43(30-50(52-48(41)42)46-19-11-7-15-39(46)40-16-8-12-20-47(40)50)35-24-22-34(23-25-35)32(2)29-49(51-4)44-17-9-5-13-37(44)38-14-6-10-18-45(38)49;/h5-30H,1-4H3;1H4/b32-29+;. The molecule has 0 radical (unpaired) electrons. The third-order valence-corrected chi connectivity index (χ3v) is 11.9. The number of allylic oxidation sites excluding steroid dienone is 1. The van der Waals surface area contributed by atoms with Gasteiger partial charge in [-0.15, -0.1) is 0 Å². The molecule has 0 bridgehead atoms. The zero-order chi connectivity index (χ0) is 35.2. The Morgan fingerprint density at radius 1 is 0.566 bits per heavy atom. The highest BCUT2D eigenvalue weighted by Gasteiger charge is 2.47. The van der Waals surface area contributed by atoms with Gasteiger partial charge >= 0.3 is 0 Å². The summed E-state index contributed by atoms with van der Waals surface area (Å²) < 4.78 is 13.9. The van der Waals surface area contributed by atoms with E-state index in [1.165, 1.54) is 66.6 Å². The van der Waals surface area contributed by atoms with E-state index in [0.29, 0.717) is 0 Å². The molecule has 258 valence electrons. The molecular weight excluding hydrogens is 645 g/mol. The van der Waals surface area contributed by atoms with Crippen molar-refractivity contribution >= 4 is 21.9 Å². The first kappa shape index (κ1) is 32.9. The first-order chi connectivity index (χ1) is 25.4. The molecule has 0 saturated heterocycles. The molecule has 7 aromatic rings. The van der Waals surface area contributed by atoms with E-state index in [9.17, 15) is 0 Å². The van der Waals surface area contributed by atoms with Gasteiger partial charge in [-0.25, -0.2) is 0 Å². The minimum absolute atomic E-state index is 0. The number of fused-ring (bicyclic) bond motifs is 11. The average molecular weight is 687 g/mol. The lowest BCUT2D eigenvalue weighted by atomic mass is 9.81. The molecule has 2 heteroatoms. The normalized spacial score (nSPS) is 15.4. The van der Waals surface area contributed by atoms with Crippen LogP contribution in [0.15, 0.2) is 158 Å². The minimum atomic E-state index is -0.759. The van der Waals surface area contributed by atoms with Gasteiger partial charge in [0, 0.05) is 40.3 Å². The van der Waals surface area contributed by atoms with E-state index >= 15 is 0 Å². The number of ether oxygens (including phenoxy) is 2. The van der Waals surface area contributed by atoms with Crippen LogP contribution in [-0.4, -0.2) is 7.11 Å². The van der Waals surface area contributed by atoms with Crippen LogP contribution < -0.4 is 4.74 Å². The van der Waals surface area contributed by atoms with Crippen LogP contribution in [0.5, 0.6) is 5.75 Å². The molecule has 1 spiro atoms. The maximum absolute atomic E-state index is 7.41. The molecule has 0 fully saturated rings. The van der Waals surface area contributed by atoms with Crippen LogP contribution in [0.1, 0.15) is 64.4 Å². The van der Waals surface area contributed by atoms with Crippen molar-refractivity contribution in [1.82, 2.24) is 0 Å². The fraction of sp³-hybridized carbons (Fsp3) is 0.137. The lowest BCUT2D eigenvalue weighted by Crippen LogP contribution is -2.33. The number of benzene rings is 7.